The maximum atomic E-state index is 13.2. The van der Waals surface area contributed by atoms with Gasteiger partial charge in [-0.15, -0.1) is 0 Å². The minimum atomic E-state index is -0.904. The number of rotatable bonds is 6. The zero-order chi connectivity index (χ0) is 22.5. The van der Waals surface area contributed by atoms with Crippen molar-refractivity contribution in [3.8, 4) is 0 Å². The number of aromatic nitrogens is 1. The van der Waals surface area contributed by atoms with Crippen LogP contribution in [-0.2, 0) is 16.1 Å². The molecule has 31 heavy (non-hydrogen) atoms. The van der Waals surface area contributed by atoms with Crippen LogP contribution in [0.5, 0.6) is 0 Å². The van der Waals surface area contributed by atoms with Crippen molar-refractivity contribution in [1.82, 2.24) is 4.98 Å². The number of nitrogens with one attached hydrogen (secondary N) is 1. The van der Waals surface area contributed by atoms with Gasteiger partial charge in [0, 0.05) is 12.5 Å². The Balaban J connectivity index is 2.12. The molecule has 0 saturated carbocycles. The SMILES string of the molecule is CC(=O)Nc1c(N)c(Cl)nc(C(=O)c2ccccc2Cl)c1C(=O)OCc1ccccc1. The first kappa shape index (κ1) is 22.3. The molecule has 0 unspecified atom stereocenters. The van der Waals surface area contributed by atoms with E-state index < -0.39 is 17.7 Å². The number of nitrogens with zero attached hydrogens (tertiary/aromatic N) is 1. The van der Waals surface area contributed by atoms with Gasteiger partial charge in [-0.25, -0.2) is 9.78 Å². The Morgan fingerprint density at radius 1 is 1.03 bits per heavy atom. The van der Waals surface area contributed by atoms with E-state index in [2.05, 4.69) is 10.3 Å². The number of nitrogen functional groups attached to an aromatic ring is 1. The normalized spacial score (nSPS) is 10.4. The van der Waals surface area contributed by atoms with Crippen LogP contribution in [0.2, 0.25) is 10.2 Å². The van der Waals surface area contributed by atoms with Gasteiger partial charge < -0.3 is 15.8 Å². The Hall–Kier alpha value is -3.42. The van der Waals surface area contributed by atoms with Crippen molar-refractivity contribution in [2.24, 2.45) is 0 Å². The Kier molecular flexibility index (Phi) is 6.89. The quantitative estimate of drug-likeness (QED) is 0.319. The lowest BCUT2D eigenvalue weighted by molar-refractivity contribution is -0.114. The molecule has 0 aliphatic carbocycles. The number of amides is 1. The monoisotopic (exact) mass is 457 g/mol. The molecule has 3 N–H and O–H groups in total. The predicted molar refractivity (Wildman–Crippen MR) is 118 cm³/mol. The van der Waals surface area contributed by atoms with Crippen LogP contribution in [0, 0.1) is 0 Å². The predicted octanol–water partition coefficient (Wildman–Crippen LogP) is 4.52. The lowest BCUT2D eigenvalue weighted by atomic mass is 10.0. The molecule has 0 bridgehead atoms. The van der Waals surface area contributed by atoms with Crippen LogP contribution in [0.3, 0.4) is 0 Å². The molecule has 1 heterocycles. The van der Waals surface area contributed by atoms with Gasteiger partial charge in [0.25, 0.3) is 0 Å². The number of ether oxygens (including phenoxy) is 1. The zero-order valence-electron chi connectivity index (χ0n) is 16.3. The summed E-state index contributed by atoms with van der Waals surface area (Å²) in [5, 5.41) is 2.36. The maximum Gasteiger partial charge on any atom is 0.343 e. The third kappa shape index (κ3) is 5.02. The molecule has 3 aromatic rings. The first-order valence-corrected chi connectivity index (χ1v) is 9.82. The average molecular weight is 458 g/mol. The van der Waals surface area contributed by atoms with Gasteiger partial charge in [0.1, 0.15) is 17.9 Å². The van der Waals surface area contributed by atoms with E-state index in [0.29, 0.717) is 0 Å². The number of carbonyl (C=O) groups excluding carboxylic acids is 3. The van der Waals surface area contributed by atoms with Crippen LogP contribution in [0.15, 0.2) is 54.6 Å². The van der Waals surface area contributed by atoms with Gasteiger partial charge in [0.2, 0.25) is 11.7 Å². The number of benzene rings is 2. The summed E-state index contributed by atoms with van der Waals surface area (Å²) in [4.78, 5) is 42.0. The molecule has 3 rings (SSSR count). The molecule has 0 spiro atoms. The lowest BCUT2D eigenvalue weighted by Crippen LogP contribution is -2.21. The summed E-state index contributed by atoms with van der Waals surface area (Å²) < 4.78 is 5.37. The summed E-state index contributed by atoms with van der Waals surface area (Å²) in [6.45, 7) is 1.16. The maximum absolute atomic E-state index is 13.2. The van der Waals surface area contributed by atoms with E-state index >= 15 is 0 Å². The van der Waals surface area contributed by atoms with Crippen molar-refractivity contribution in [2.45, 2.75) is 13.5 Å². The molecular formula is C22H17Cl2N3O4. The van der Waals surface area contributed by atoms with E-state index in [0.717, 1.165) is 5.56 Å². The molecule has 2 aromatic carbocycles. The second-order valence-electron chi connectivity index (χ2n) is 6.47. The Bertz CT molecular complexity index is 1170. The summed E-state index contributed by atoms with van der Waals surface area (Å²) in [6.07, 6.45) is 0. The second-order valence-corrected chi connectivity index (χ2v) is 7.23. The van der Waals surface area contributed by atoms with E-state index in [1.54, 1.807) is 36.4 Å². The highest BCUT2D eigenvalue weighted by atomic mass is 35.5. The van der Waals surface area contributed by atoms with Crippen molar-refractivity contribution in [1.29, 1.82) is 0 Å². The zero-order valence-corrected chi connectivity index (χ0v) is 17.8. The van der Waals surface area contributed by atoms with Crippen LogP contribution >= 0.6 is 23.2 Å². The van der Waals surface area contributed by atoms with E-state index in [-0.39, 0.29) is 45.0 Å². The number of carbonyl (C=O) groups is 3. The Morgan fingerprint density at radius 3 is 2.32 bits per heavy atom. The number of hydrogen-bond donors (Lipinski definition) is 2. The van der Waals surface area contributed by atoms with Gasteiger partial charge in [-0.2, -0.15) is 0 Å². The van der Waals surface area contributed by atoms with Crippen molar-refractivity contribution in [3.63, 3.8) is 0 Å². The summed E-state index contributed by atoms with van der Waals surface area (Å²) in [5.74, 6) is -2.10. The van der Waals surface area contributed by atoms with Crippen LogP contribution in [0.4, 0.5) is 11.4 Å². The molecule has 0 aliphatic rings. The molecular weight excluding hydrogens is 441 g/mol. The minimum absolute atomic E-state index is 0.0680. The highest BCUT2D eigenvalue weighted by Crippen LogP contribution is 2.34. The average Bonchev–Trinajstić information content (AvgIpc) is 2.75. The number of hydrogen-bond acceptors (Lipinski definition) is 6. The van der Waals surface area contributed by atoms with Crippen LogP contribution in [0.25, 0.3) is 0 Å². The van der Waals surface area contributed by atoms with Gasteiger partial charge in [0.15, 0.2) is 5.15 Å². The first-order valence-electron chi connectivity index (χ1n) is 9.06. The summed E-state index contributed by atoms with van der Waals surface area (Å²) in [7, 11) is 0. The highest BCUT2D eigenvalue weighted by Gasteiger charge is 2.30. The molecule has 1 aromatic heterocycles. The van der Waals surface area contributed by atoms with Crippen LogP contribution in [-0.4, -0.2) is 22.6 Å². The fourth-order valence-electron chi connectivity index (χ4n) is 2.81. The number of pyridine rings is 1. The van der Waals surface area contributed by atoms with Crippen LogP contribution in [0.1, 0.15) is 38.9 Å². The number of esters is 1. The fourth-order valence-corrected chi connectivity index (χ4v) is 3.21. The third-order valence-electron chi connectivity index (χ3n) is 4.24. The van der Waals surface area contributed by atoms with Gasteiger partial charge in [-0.3, -0.25) is 9.59 Å². The largest absolute Gasteiger partial charge is 0.457 e. The number of ketones is 1. The molecule has 0 fully saturated rings. The first-order chi connectivity index (χ1) is 14.8. The lowest BCUT2D eigenvalue weighted by Gasteiger charge is -2.17. The summed E-state index contributed by atoms with van der Waals surface area (Å²) in [6, 6.07) is 15.2. The number of anilines is 2. The van der Waals surface area contributed by atoms with Gasteiger partial charge in [-0.1, -0.05) is 65.7 Å². The van der Waals surface area contributed by atoms with Crippen molar-refractivity contribution in [2.75, 3.05) is 11.1 Å². The third-order valence-corrected chi connectivity index (χ3v) is 4.86. The number of halogens is 2. The molecule has 7 nitrogen and oxygen atoms in total. The minimum Gasteiger partial charge on any atom is -0.457 e. The fraction of sp³-hybridized carbons (Fsp3) is 0.0909. The molecule has 158 valence electrons. The Morgan fingerprint density at radius 2 is 1.68 bits per heavy atom. The molecule has 0 saturated heterocycles. The molecule has 1 amide bonds. The summed E-state index contributed by atoms with van der Waals surface area (Å²) in [5.41, 5.74) is 5.82. The second kappa shape index (κ2) is 9.59. The van der Waals surface area contributed by atoms with E-state index in [1.807, 2.05) is 6.07 Å². The van der Waals surface area contributed by atoms with Crippen molar-refractivity contribution in [3.05, 3.63) is 87.2 Å². The van der Waals surface area contributed by atoms with Crippen molar-refractivity contribution >= 4 is 52.2 Å². The van der Waals surface area contributed by atoms with E-state index in [4.69, 9.17) is 33.7 Å². The molecule has 0 aliphatic heterocycles. The van der Waals surface area contributed by atoms with E-state index in [9.17, 15) is 14.4 Å². The molecule has 0 atom stereocenters. The summed E-state index contributed by atoms with van der Waals surface area (Å²) >= 11 is 12.2. The molecule has 9 heteroatoms. The van der Waals surface area contributed by atoms with Gasteiger partial charge in [0.05, 0.1) is 16.4 Å². The van der Waals surface area contributed by atoms with Gasteiger partial charge >= 0.3 is 5.97 Å². The Labute approximate surface area is 188 Å². The topological polar surface area (TPSA) is 111 Å². The van der Waals surface area contributed by atoms with Gasteiger partial charge in [-0.05, 0) is 17.7 Å². The highest BCUT2D eigenvalue weighted by molar-refractivity contribution is 6.36. The number of nitrogens with two attached hydrogens (primary N) is 1. The van der Waals surface area contributed by atoms with Crippen LogP contribution < -0.4 is 11.1 Å². The standard InChI is InChI=1S/C22H17Cl2N3O4/c1-12(28)26-18-16(22(30)31-11-13-7-3-2-4-8-13)19(27-21(24)17(18)25)20(29)14-9-5-6-10-15(14)23/h2-10H,11,25H2,1H3,(H,26,27,28). The van der Waals surface area contributed by atoms with E-state index in [1.165, 1.54) is 19.1 Å². The van der Waals surface area contributed by atoms with Crippen molar-refractivity contribution < 1.29 is 19.1 Å². The smallest absolute Gasteiger partial charge is 0.343 e. The molecule has 0 radical (unpaired) electrons.